The first-order valence-electron chi connectivity index (χ1n) is 6.28. The van der Waals surface area contributed by atoms with Gasteiger partial charge in [0, 0.05) is 12.1 Å². The minimum absolute atomic E-state index is 0.448. The molecule has 1 rings (SSSR count). The summed E-state index contributed by atoms with van der Waals surface area (Å²) < 4.78 is 5.57. The lowest BCUT2D eigenvalue weighted by Gasteiger charge is -2.17. The Labute approximate surface area is 108 Å². The number of carboxylic acid groups (broad SMARTS) is 1. The lowest BCUT2D eigenvalue weighted by molar-refractivity contribution is -0.145. The van der Waals surface area contributed by atoms with Gasteiger partial charge in [0.25, 0.3) is 0 Å². The number of ether oxygens (including phenoxy) is 1. The van der Waals surface area contributed by atoms with E-state index in [-0.39, 0.29) is 0 Å². The summed E-state index contributed by atoms with van der Waals surface area (Å²) in [5, 5.41) is 12.2. The lowest BCUT2D eigenvalue weighted by Crippen LogP contribution is -2.26. The van der Waals surface area contributed by atoms with Gasteiger partial charge in [-0.05, 0) is 26.0 Å². The zero-order valence-corrected chi connectivity index (χ0v) is 11.2. The smallest absolute Gasteiger partial charge is 0.344 e. The van der Waals surface area contributed by atoms with Gasteiger partial charge in [0.05, 0.1) is 0 Å². The fraction of sp³-hybridized carbons (Fsp3) is 0.500. The summed E-state index contributed by atoms with van der Waals surface area (Å²) in [5.41, 5.74) is 2.13. The Morgan fingerprint density at radius 2 is 2.17 bits per heavy atom. The molecule has 0 amide bonds. The van der Waals surface area contributed by atoms with E-state index in [4.69, 9.17) is 9.84 Å². The third-order valence-electron chi connectivity index (χ3n) is 2.70. The van der Waals surface area contributed by atoms with Crippen LogP contribution in [0.25, 0.3) is 0 Å². The van der Waals surface area contributed by atoms with E-state index in [1.165, 1.54) is 0 Å². The van der Waals surface area contributed by atoms with Crippen LogP contribution < -0.4 is 10.1 Å². The Hall–Kier alpha value is -1.55. The van der Waals surface area contributed by atoms with E-state index in [9.17, 15) is 4.79 Å². The predicted molar refractivity (Wildman–Crippen MR) is 70.9 cm³/mol. The number of benzene rings is 1. The Morgan fingerprint density at radius 1 is 1.44 bits per heavy atom. The summed E-state index contributed by atoms with van der Waals surface area (Å²) in [6.07, 6.45) is -0.336. The summed E-state index contributed by atoms with van der Waals surface area (Å²) >= 11 is 0. The van der Waals surface area contributed by atoms with E-state index in [0.29, 0.717) is 18.7 Å². The normalized spacial score (nSPS) is 12.2. The monoisotopic (exact) mass is 251 g/mol. The summed E-state index contributed by atoms with van der Waals surface area (Å²) in [4.78, 5) is 11.0. The van der Waals surface area contributed by atoms with Gasteiger partial charge in [-0.2, -0.15) is 0 Å². The van der Waals surface area contributed by atoms with Gasteiger partial charge in [0.1, 0.15) is 5.75 Å². The van der Waals surface area contributed by atoms with Gasteiger partial charge in [-0.1, -0.05) is 31.5 Å². The highest BCUT2D eigenvalue weighted by atomic mass is 16.5. The molecular formula is C14H21NO3. The predicted octanol–water partition coefficient (Wildman–Crippen LogP) is 2.35. The Bertz CT molecular complexity index is 404. The molecule has 0 saturated heterocycles. The molecule has 0 saturated carbocycles. The third-order valence-corrected chi connectivity index (χ3v) is 2.70. The average molecular weight is 251 g/mol. The summed E-state index contributed by atoms with van der Waals surface area (Å²) in [5.74, 6) is -0.275. The molecule has 4 nitrogen and oxygen atoms in total. The first kappa shape index (κ1) is 14.5. The number of carboxylic acids is 1. The Balaban J connectivity index is 2.89. The topological polar surface area (TPSA) is 58.6 Å². The Morgan fingerprint density at radius 3 is 2.72 bits per heavy atom. The number of hydrogen-bond acceptors (Lipinski definition) is 3. The van der Waals surface area contributed by atoms with Crippen molar-refractivity contribution in [3.8, 4) is 5.75 Å². The quantitative estimate of drug-likeness (QED) is 0.781. The van der Waals surface area contributed by atoms with Gasteiger partial charge in [0.15, 0.2) is 6.10 Å². The van der Waals surface area contributed by atoms with Crippen molar-refractivity contribution in [1.82, 2.24) is 5.32 Å². The summed E-state index contributed by atoms with van der Waals surface area (Å²) in [6.45, 7) is 7.39. The zero-order valence-electron chi connectivity index (χ0n) is 11.2. The van der Waals surface area contributed by atoms with Crippen LogP contribution in [-0.4, -0.2) is 23.7 Å². The molecule has 0 radical (unpaired) electrons. The van der Waals surface area contributed by atoms with Crippen molar-refractivity contribution in [2.45, 2.75) is 39.8 Å². The number of nitrogens with one attached hydrogen (secondary N) is 1. The molecule has 0 bridgehead atoms. The second kappa shape index (κ2) is 7.01. The maximum Gasteiger partial charge on any atom is 0.344 e. The van der Waals surface area contributed by atoms with Crippen LogP contribution in [-0.2, 0) is 11.3 Å². The van der Waals surface area contributed by atoms with Crippen LogP contribution in [0.5, 0.6) is 5.75 Å². The largest absolute Gasteiger partial charge is 0.479 e. The molecule has 0 aliphatic carbocycles. The van der Waals surface area contributed by atoms with Gasteiger partial charge >= 0.3 is 5.97 Å². The molecule has 100 valence electrons. The summed E-state index contributed by atoms with van der Waals surface area (Å²) in [7, 11) is 0. The highest BCUT2D eigenvalue weighted by Gasteiger charge is 2.18. The van der Waals surface area contributed by atoms with Crippen molar-refractivity contribution < 1.29 is 14.6 Å². The van der Waals surface area contributed by atoms with Crippen molar-refractivity contribution in [1.29, 1.82) is 0 Å². The lowest BCUT2D eigenvalue weighted by atomic mass is 10.1. The summed E-state index contributed by atoms with van der Waals surface area (Å²) in [6, 6.07) is 5.79. The van der Waals surface area contributed by atoms with Crippen molar-refractivity contribution in [3.05, 3.63) is 29.3 Å². The van der Waals surface area contributed by atoms with Crippen LogP contribution in [0.15, 0.2) is 18.2 Å². The van der Waals surface area contributed by atoms with Crippen LogP contribution in [0.1, 0.15) is 31.4 Å². The number of rotatable bonds is 7. The van der Waals surface area contributed by atoms with Crippen molar-refractivity contribution >= 4 is 5.97 Å². The zero-order chi connectivity index (χ0) is 13.5. The highest BCUT2D eigenvalue weighted by molar-refractivity contribution is 5.72. The molecule has 0 aliphatic rings. The number of aliphatic carboxylic acids is 1. The van der Waals surface area contributed by atoms with Crippen molar-refractivity contribution in [2.24, 2.45) is 0 Å². The van der Waals surface area contributed by atoms with Crippen LogP contribution >= 0.6 is 0 Å². The number of carbonyl (C=O) groups is 1. The van der Waals surface area contributed by atoms with Crippen molar-refractivity contribution in [2.75, 3.05) is 6.54 Å². The first-order valence-corrected chi connectivity index (χ1v) is 6.28. The molecule has 0 heterocycles. The van der Waals surface area contributed by atoms with Gasteiger partial charge in [-0.25, -0.2) is 4.79 Å². The second-order valence-electron chi connectivity index (χ2n) is 4.24. The number of aryl methyl sites for hydroxylation is 1. The SMILES string of the molecule is CCNCc1cc(C)ccc1OC(CC)C(=O)O. The first-order chi connectivity index (χ1) is 8.58. The average Bonchev–Trinajstić information content (AvgIpc) is 2.34. The Kier molecular flexibility index (Phi) is 5.65. The minimum Gasteiger partial charge on any atom is -0.479 e. The molecule has 0 aliphatic heterocycles. The molecule has 0 spiro atoms. The molecular weight excluding hydrogens is 230 g/mol. The maximum atomic E-state index is 11.0. The van der Waals surface area contributed by atoms with E-state index < -0.39 is 12.1 Å². The third kappa shape index (κ3) is 4.04. The molecule has 4 heteroatoms. The van der Waals surface area contributed by atoms with Gasteiger partial charge in [0.2, 0.25) is 0 Å². The molecule has 0 aromatic heterocycles. The molecule has 1 atom stereocenters. The van der Waals surface area contributed by atoms with Crippen LogP contribution in [0, 0.1) is 6.92 Å². The van der Waals surface area contributed by atoms with Crippen LogP contribution in [0.4, 0.5) is 0 Å². The number of hydrogen-bond donors (Lipinski definition) is 2. The molecule has 1 aromatic rings. The highest BCUT2D eigenvalue weighted by Crippen LogP contribution is 2.22. The molecule has 1 unspecified atom stereocenters. The second-order valence-corrected chi connectivity index (χ2v) is 4.24. The van der Waals surface area contributed by atoms with E-state index in [2.05, 4.69) is 5.32 Å². The van der Waals surface area contributed by atoms with E-state index >= 15 is 0 Å². The fourth-order valence-corrected chi connectivity index (χ4v) is 1.68. The molecule has 1 aromatic carbocycles. The van der Waals surface area contributed by atoms with Crippen LogP contribution in [0.2, 0.25) is 0 Å². The standard InChI is InChI=1S/C14H21NO3/c1-4-12(14(16)17)18-13-7-6-10(3)8-11(13)9-15-5-2/h6-8,12,15H,4-5,9H2,1-3H3,(H,16,17). The van der Waals surface area contributed by atoms with Crippen LogP contribution in [0.3, 0.4) is 0 Å². The van der Waals surface area contributed by atoms with E-state index in [1.54, 1.807) is 6.92 Å². The maximum absolute atomic E-state index is 11.0. The minimum atomic E-state index is -0.924. The fourth-order valence-electron chi connectivity index (χ4n) is 1.68. The van der Waals surface area contributed by atoms with E-state index in [1.807, 2.05) is 32.0 Å². The molecule has 18 heavy (non-hydrogen) atoms. The molecule has 0 fully saturated rings. The van der Waals surface area contributed by atoms with E-state index in [0.717, 1.165) is 17.7 Å². The molecule has 2 N–H and O–H groups in total. The van der Waals surface area contributed by atoms with Gasteiger partial charge in [-0.3, -0.25) is 0 Å². The van der Waals surface area contributed by atoms with Crippen molar-refractivity contribution in [3.63, 3.8) is 0 Å². The van der Waals surface area contributed by atoms with Gasteiger partial charge < -0.3 is 15.2 Å². The van der Waals surface area contributed by atoms with Gasteiger partial charge in [-0.15, -0.1) is 0 Å².